The minimum Gasteiger partial charge on any atom is -0.480 e. The van der Waals surface area contributed by atoms with Gasteiger partial charge in [-0.3, -0.25) is 4.79 Å². The quantitative estimate of drug-likeness (QED) is 0.140. The molecule has 0 aliphatic rings. The molecule has 1 atom stereocenters. The first-order valence-electron chi connectivity index (χ1n) is 14.0. The molecule has 0 aromatic heterocycles. The summed E-state index contributed by atoms with van der Waals surface area (Å²) in [5.41, 5.74) is 0. The van der Waals surface area contributed by atoms with Crippen molar-refractivity contribution in [2.24, 2.45) is 5.92 Å². The van der Waals surface area contributed by atoms with E-state index in [-0.39, 0.29) is 6.04 Å². The topological polar surface area (TPSA) is 49.3 Å². The molecule has 0 saturated heterocycles. The lowest BCUT2D eigenvalue weighted by atomic mass is 10.0. The smallest absolute Gasteiger partial charge is 0.320 e. The van der Waals surface area contributed by atoms with E-state index in [1.54, 1.807) is 0 Å². The number of carboxylic acids is 1. The minimum absolute atomic E-state index is 0.375. The van der Waals surface area contributed by atoms with Crippen LogP contribution in [-0.2, 0) is 4.79 Å². The zero-order valence-corrected chi connectivity index (χ0v) is 21.6. The summed E-state index contributed by atoms with van der Waals surface area (Å²) in [6.07, 6.45) is 28.6. The number of aliphatic carboxylic acids is 1. The van der Waals surface area contributed by atoms with Gasteiger partial charge in [-0.25, -0.2) is 0 Å². The van der Waals surface area contributed by atoms with E-state index in [1.807, 2.05) is 0 Å². The maximum atomic E-state index is 11.2. The van der Waals surface area contributed by atoms with Gasteiger partial charge in [-0.05, 0) is 25.3 Å². The number of hydrogen-bond acceptors (Lipinski definition) is 2. The van der Waals surface area contributed by atoms with Gasteiger partial charge >= 0.3 is 5.97 Å². The van der Waals surface area contributed by atoms with Crippen molar-refractivity contribution in [3.8, 4) is 0 Å². The van der Waals surface area contributed by atoms with Crippen molar-refractivity contribution in [2.75, 3.05) is 6.54 Å². The van der Waals surface area contributed by atoms with Crippen LogP contribution in [0.5, 0.6) is 0 Å². The maximum Gasteiger partial charge on any atom is 0.320 e. The van der Waals surface area contributed by atoms with E-state index in [9.17, 15) is 9.90 Å². The van der Waals surface area contributed by atoms with E-state index >= 15 is 0 Å². The van der Waals surface area contributed by atoms with Gasteiger partial charge < -0.3 is 10.4 Å². The Bertz CT molecular complexity index is 370. The summed E-state index contributed by atoms with van der Waals surface area (Å²) in [6, 6.07) is -0.375. The Balaban J connectivity index is 3.19. The van der Waals surface area contributed by atoms with Crippen LogP contribution in [0, 0.1) is 5.92 Å². The van der Waals surface area contributed by atoms with Crippen molar-refractivity contribution < 1.29 is 9.90 Å². The molecule has 0 bridgehead atoms. The standard InChI is InChI=1S/C28H57NO2/c1-4-5-6-7-8-9-10-11-12-13-14-15-16-17-18-19-20-21-22-23-24-29-27(28(30)31)25-26(2)3/h26-27,29H,4-25H2,1-3H3,(H,30,31)/t27-/m1/s1. The lowest BCUT2D eigenvalue weighted by Gasteiger charge is -2.16. The molecule has 0 aliphatic heterocycles. The Morgan fingerprint density at radius 1 is 0.613 bits per heavy atom. The number of carbonyl (C=O) groups is 1. The number of nitrogens with one attached hydrogen (secondary N) is 1. The second-order valence-electron chi connectivity index (χ2n) is 10.2. The number of hydrogen-bond donors (Lipinski definition) is 2. The van der Waals surface area contributed by atoms with Crippen LogP contribution in [-0.4, -0.2) is 23.7 Å². The van der Waals surface area contributed by atoms with Crippen LogP contribution >= 0.6 is 0 Å². The predicted octanol–water partition coefficient (Wildman–Crippen LogP) is 8.90. The average Bonchev–Trinajstić information content (AvgIpc) is 2.73. The highest BCUT2D eigenvalue weighted by molar-refractivity contribution is 5.73. The van der Waals surface area contributed by atoms with Gasteiger partial charge in [0.05, 0.1) is 0 Å². The zero-order valence-electron chi connectivity index (χ0n) is 21.6. The molecule has 0 heterocycles. The minimum atomic E-state index is -0.707. The van der Waals surface area contributed by atoms with E-state index in [0.29, 0.717) is 12.3 Å². The van der Waals surface area contributed by atoms with Crippen molar-refractivity contribution in [2.45, 2.75) is 162 Å². The molecule has 0 rings (SSSR count). The lowest BCUT2D eigenvalue weighted by Crippen LogP contribution is -2.38. The molecule has 0 amide bonds. The molecule has 2 N–H and O–H groups in total. The molecular weight excluding hydrogens is 382 g/mol. The van der Waals surface area contributed by atoms with Gasteiger partial charge in [-0.1, -0.05) is 143 Å². The monoisotopic (exact) mass is 439 g/mol. The summed E-state index contributed by atoms with van der Waals surface area (Å²) in [4.78, 5) is 11.2. The summed E-state index contributed by atoms with van der Waals surface area (Å²) in [6.45, 7) is 7.28. The summed E-state index contributed by atoms with van der Waals surface area (Å²) in [5, 5.41) is 12.4. The fraction of sp³-hybridized carbons (Fsp3) is 0.964. The van der Waals surface area contributed by atoms with Gasteiger partial charge in [0.2, 0.25) is 0 Å². The van der Waals surface area contributed by atoms with Gasteiger partial charge in [0.1, 0.15) is 6.04 Å². The lowest BCUT2D eigenvalue weighted by molar-refractivity contribution is -0.139. The molecular formula is C28H57NO2. The Hall–Kier alpha value is -0.570. The van der Waals surface area contributed by atoms with E-state index in [4.69, 9.17) is 0 Å². The first kappa shape index (κ1) is 30.4. The Morgan fingerprint density at radius 3 is 1.23 bits per heavy atom. The fourth-order valence-electron chi connectivity index (χ4n) is 4.40. The molecule has 0 radical (unpaired) electrons. The number of unbranched alkanes of at least 4 members (excludes halogenated alkanes) is 19. The SMILES string of the molecule is CCCCCCCCCCCCCCCCCCCCCCN[C@H](CC(C)C)C(=O)O. The molecule has 3 nitrogen and oxygen atoms in total. The highest BCUT2D eigenvalue weighted by atomic mass is 16.4. The number of rotatable bonds is 25. The van der Waals surface area contributed by atoms with Gasteiger partial charge in [-0.15, -0.1) is 0 Å². The highest BCUT2D eigenvalue weighted by Gasteiger charge is 2.17. The summed E-state index contributed by atoms with van der Waals surface area (Å²) in [7, 11) is 0. The van der Waals surface area contributed by atoms with E-state index in [0.717, 1.165) is 13.0 Å². The van der Waals surface area contributed by atoms with Crippen LogP contribution < -0.4 is 5.32 Å². The van der Waals surface area contributed by atoms with Gasteiger partial charge in [-0.2, -0.15) is 0 Å². The van der Waals surface area contributed by atoms with Crippen LogP contribution in [0.2, 0.25) is 0 Å². The second-order valence-corrected chi connectivity index (χ2v) is 10.2. The van der Waals surface area contributed by atoms with Gasteiger partial charge in [0.15, 0.2) is 0 Å². The molecule has 0 aromatic rings. The van der Waals surface area contributed by atoms with Crippen molar-refractivity contribution in [3.63, 3.8) is 0 Å². The Morgan fingerprint density at radius 2 is 0.935 bits per heavy atom. The molecule has 0 aromatic carbocycles. The normalized spacial score (nSPS) is 12.5. The first-order valence-corrected chi connectivity index (χ1v) is 14.0. The highest BCUT2D eigenvalue weighted by Crippen LogP contribution is 2.15. The van der Waals surface area contributed by atoms with Crippen LogP contribution in [0.3, 0.4) is 0 Å². The third-order valence-corrected chi connectivity index (χ3v) is 6.43. The van der Waals surface area contributed by atoms with E-state index in [1.165, 1.54) is 122 Å². The van der Waals surface area contributed by atoms with Crippen LogP contribution in [0.25, 0.3) is 0 Å². The molecule has 0 spiro atoms. The van der Waals surface area contributed by atoms with Crippen LogP contribution in [0.1, 0.15) is 156 Å². The van der Waals surface area contributed by atoms with Gasteiger partial charge in [0, 0.05) is 0 Å². The van der Waals surface area contributed by atoms with Crippen LogP contribution in [0.15, 0.2) is 0 Å². The average molecular weight is 440 g/mol. The van der Waals surface area contributed by atoms with Crippen molar-refractivity contribution in [1.29, 1.82) is 0 Å². The maximum absolute atomic E-state index is 11.2. The summed E-state index contributed by atoms with van der Waals surface area (Å²) in [5.74, 6) is -0.287. The Labute approximate surface area is 195 Å². The molecule has 31 heavy (non-hydrogen) atoms. The van der Waals surface area contributed by atoms with Crippen LogP contribution in [0.4, 0.5) is 0 Å². The molecule has 186 valence electrons. The third kappa shape index (κ3) is 23.9. The second kappa shape index (κ2) is 24.1. The molecule has 3 heteroatoms. The predicted molar refractivity (Wildman–Crippen MR) is 137 cm³/mol. The Kier molecular flexibility index (Phi) is 23.6. The summed E-state index contributed by atoms with van der Waals surface area (Å²) < 4.78 is 0. The first-order chi connectivity index (χ1) is 15.1. The molecule has 0 aliphatic carbocycles. The van der Waals surface area contributed by atoms with Crippen molar-refractivity contribution in [1.82, 2.24) is 5.32 Å². The van der Waals surface area contributed by atoms with Gasteiger partial charge in [0.25, 0.3) is 0 Å². The number of carboxylic acid groups (broad SMARTS) is 1. The molecule has 0 fully saturated rings. The molecule has 0 saturated carbocycles. The van der Waals surface area contributed by atoms with Crippen molar-refractivity contribution in [3.05, 3.63) is 0 Å². The van der Waals surface area contributed by atoms with E-state index in [2.05, 4.69) is 26.1 Å². The van der Waals surface area contributed by atoms with Crippen molar-refractivity contribution >= 4 is 5.97 Å². The van der Waals surface area contributed by atoms with E-state index < -0.39 is 5.97 Å². The molecule has 0 unspecified atom stereocenters. The zero-order chi connectivity index (χ0) is 23.0. The third-order valence-electron chi connectivity index (χ3n) is 6.43. The summed E-state index contributed by atoms with van der Waals surface area (Å²) >= 11 is 0. The largest absolute Gasteiger partial charge is 0.480 e. The fourth-order valence-corrected chi connectivity index (χ4v) is 4.40.